The molecule has 0 radical (unpaired) electrons. The van der Waals surface area contributed by atoms with E-state index in [-0.39, 0.29) is 13.0 Å². The SMILES string of the molecule is CCCCCC[C@H]1C(=O)O[C@H](C)[C@H](NC(=O)OCc2ccccc2)C(=O)O[C@@H](C)[C@@H]1OC(=O)CCC(C)C. The van der Waals surface area contributed by atoms with Gasteiger partial charge in [-0.3, -0.25) is 9.59 Å². The van der Waals surface area contributed by atoms with Crippen LogP contribution in [0, 0.1) is 11.8 Å². The summed E-state index contributed by atoms with van der Waals surface area (Å²) in [5.41, 5.74) is 0.779. The van der Waals surface area contributed by atoms with Gasteiger partial charge in [-0.05, 0) is 38.2 Å². The van der Waals surface area contributed by atoms with Gasteiger partial charge < -0.3 is 24.3 Å². The van der Waals surface area contributed by atoms with Gasteiger partial charge in [-0.1, -0.05) is 76.8 Å². The Morgan fingerprint density at radius 2 is 1.66 bits per heavy atom. The van der Waals surface area contributed by atoms with Gasteiger partial charge in [-0.15, -0.1) is 0 Å². The molecule has 1 aromatic rings. The zero-order valence-corrected chi connectivity index (χ0v) is 23.3. The molecule has 2 rings (SSSR count). The second-order valence-electron chi connectivity index (χ2n) is 10.3. The van der Waals surface area contributed by atoms with Crippen molar-refractivity contribution < 1.29 is 38.1 Å². The first-order valence-electron chi connectivity index (χ1n) is 13.7. The number of amides is 1. The fraction of sp³-hybridized carbons (Fsp3) is 0.655. The zero-order chi connectivity index (χ0) is 28.1. The van der Waals surface area contributed by atoms with E-state index in [9.17, 15) is 19.2 Å². The zero-order valence-electron chi connectivity index (χ0n) is 23.3. The Hall–Kier alpha value is -3.10. The number of alkyl carbamates (subject to hydrolysis) is 1. The second-order valence-corrected chi connectivity index (χ2v) is 10.3. The van der Waals surface area contributed by atoms with Gasteiger partial charge >= 0.3 is 24.0 Å². The fourth-order valence-electron chi connectivity index (χ4n) is 4.25. The molecule has 38 heavy (non-hydrogen) atoms. The predicted molar refractivity (Wildman–Crippen MR) is 141 cm³/mol. The van der Waals surface area contributed by atoms with E-state index in [2.05, 4.69) is 12.2 Å². The minimum absolute atomic E-state index is 0.00719. The third-order valence-corrected chi connectivity index (χ3v) is 6.54. The third-order valence-electron chi connectivity index (χ3n) is 6.54. The van der Waals surface area contributed by atoms with Crippen molar-refractivity contribution in [1.82, 2.24) is 5.32 Å². The maximum atomic E-state index is 13.3. The van der Waals surface area contributed by atoms with Crippen LogP contribution in [0.1, 0.15) is 85.1 Å². The molecule has 212 valence electrons. The van der Waals surface area contributed by atoms with E-state index in [1.54, 1.807) is 19.1 Å². The van der Waals surface area contributed by atoms with Crippen LogP contribution >= 0.6 is 0 Å². The Balaban J connectivity index is 2.17. The summed E-state index contributed by atoms with van der Waals surface area (Å²) in [7, 11) is 0. The highest BCUT2D eigenvalue weighted by Gasteiger charge is 2.43. The topological polar surface area (TPSA) is 117 Å². The Labute approximate surface area is 225 Å². The number of carbonyl (C=O) groups excluding carboxylic acids is 4. The maximum absolute atomic E-state index is 13.3. The lowest BCUT2D eigenvalue weighted by molar-refractivity contribution is -0.175. The molecular formula is C29H43NO8. The molecule has 5 atom stereocenters. The highest BCUT2D eigenvalue weighted by atomic mass is 16.6. The van der Waals surface area contributed by atoms with Crippen molar-refractivity contribution in [2.45, 2.75) is 111 Å². The molecule has 9 nitrogen and oxygen atoms in total. The molecule has 1 aliphatic rings. The van der Waals surface area contributed by atoms with Gasteiger partial charge in [-0.25, -0.2) is 9.59 Å². The first-order chi connectivity index (χ1) is 18.1. The highest BCUT2D eigenvalue weighted by Crippen LogP contribution is 2.27. The normalized spacial score (nSPS) is 23.9. The summed E-state index contributed by atoms with van der Waals surface area (Å²) in [6.07, 6.45) is 1.14. The van der Waals surface area contributed by atoms with Gasteiger partial charge in [0.2, 0.25) is 0 Å². The number of unbranched alkanes of at least 4 members (excludes halogenated alkanes) is 3. The van der Waals surface area contributed by atoms with Crippen LogP contribution in [-0.2, 0) is 39.9 Å². The van der Waals surface area contributed by atoms with Crippen molar-refractivity contribution in [2.75, 3.05) is 0 Å². The third kappa shape index (κ3) is 10.3. The van der Waals surface area contributed by atoms with Gasteiger partial charge in [0.05, 0.1) is 5.92 Å². The summed E-state index contributed by atoms with van der Waals surface area (Å²) in [6.45, 7) is 9.21. The van der Waals surface area contributed by atoms with E-state index in [1.807, 2.05) is 32.0 Å². The largest absolute Gasteiger partial charge is 0.460 e. The van der Waals surface area contributed by atoms with Crippen molar-refractivity contribution >= 4 is 24.0 Å². The van der Waals surface area contributed by atoms with Crippen LogP contribution in [0.2, 0.25) is 0 Å². The average Bonchev–Trinajstić information content (AvgIpc) is 2.90. The molecule has 1 N–H and O–H groups in total. The molecule has 0 spiro atoms. The van der Waals surface area contributed by atoms with Crippen molar-refractivity contribution in [2.24, 2.45) is 11.8 Å². The van der Waals surface area contributed by atoms with Crippen LogP contribution in [0.3, 0.4) is 0 Å². The highest BCUT2D eigenvalue weighted by molar-refractivity contribution is 5.83. The standard InChI is InChI=1S/C29H43NO8/c1-6-7-8-12-15-23-26(38-24(31)17-16-19(2)3)21(5)37-28(33)25(20(4)36-27(23)32)30-29(34)35-18-22-13-10-9-11-14-22/h9-11,13-14,19-21,23,25-26H,6-8,12,15-18H2,1-5H3,(H,30,34)/t20-,21+,23-,25+,26+/m1/s1. The molecule has 9 heteroatoms. The smallest absolute Gasteiger partial charge is 0.408 e. The monoisotopic (exact) mass is 533 g/mol. The number of cyclic esters (lactones) is 2. The van der Waals surface area contributed by atoms with E-state index in [1.165, 1.54) is 6.92 Å². The number of ether oxygens (including phenoxy) is 4. The molecule has 1 fully saturated rings. The molecule has 0 aliphatic carbocycles. The van der Waals surface area contributed by atoms with E-state index in [0.717, 1.165) is 31.2 Å². The number of esters is 3. The van der Waals surface area contributed by atoms with Crippen LogP contribution in [-0.4, -0.2) is 48.4 Å². The lowest BCUT2D eigenvalue weighted by Crippen LogP contribution is -2.50. The minimum Gasteiger partial charge on any atom is -0.460 e. The summed E-state index contributed by atoms with van der Waals surface area (Å²) in [5.74, 6) is -2.34. The van der Waals surface area contributed by atoms with Crippen LogP contribution in [0.15, 0.2) is 30.3 Å². The second kappa shape index (κ2) is 16.0. The number of rotatable bonds is 12. The van der Waals surface area contributed by atoms with Gasteiger partial charge in [0.1, 0.15) is 18.8 Å². The fourth-order valence-corrected chi connectivity index (χ4v) is 4.25. The summed E-state index contributed by atoms with van der Waals surface area (Å²) < 4.78 is 22.3. The molecule has 0 bridgehead atoms. The predicted octanol–water partition coefficient (Wildman–Crippen LogP) is 5.09. The number of benzene rings is 1. The van der Waals surface area contributed by atoms with Crippen molar-refractivity contribution in [3.8, 4) is 0 Å². The quantitative estimate of drug-likeness (QED) is 0.224. The Bertz CT molecular complexity index is 903. The lowest BCUT2D eigenvalue weighted by atomic mass is 9.92. The number of nitrogens with one attached hydrogen (secondary N) is 1. The molecule has 1 amide bonds. The molecular weight excluding hydrogens is 490 g/mol. The van der Waals surface area contributed by atoms with E-state index < -0.39 is 54.3 Å². The maximum Gasteiger partial charge on any atom is 0.408 e. The number of hydrogen-bond acceptors (Lipinski definition) is 8. The summed E-state index contributed by atoms with van der Waals surface area (Å²) in [6, 6.07) is 7.80. The van der Waals surface area contributed by atoms with Crippen LogP contribution < -0.4 is 5.32 Å². The summed E-state index contributed by atoms with van der Waals surface area (Å²) in [4.78, 5) is 51.5. The van der Waals surface area contributed by atoms with Crippen molar-refractivity contribution in [3.05, 3.63) is 35.9 Å². The summed E-state index contributed by atoms with van der Waals surface area (Å²) in [5, 5.41) is 2.47. The summed E-state index contributed by atoms with van der Waals surface area (Å²) >= 11 is 0. The lowest BCUT2D eigenvalue weighted by Gasteiger charge is -2.29. The molecule has 0 unspecified atom stereocenters. The molecule has 0 saturated carbocycles. The first kappa shape index (κ1) is 31.1. The molecule has 1 saturated heterocycles. The van der Waals surface area contributed by atoms with Crippen LogP contribution in [0.25, 0.3) is 0 Å². The van der Waals surface area contributed by atoms with E-state index in [0.29, 0.717) is 18.8 Å². The molecule has 1 heterocycles. The molecule has 0 aromatic heterocycles. The van der Waals surface area contributed by atoms with Gasteiger partial charge in [0.15, 0.2) is 12.1 Å². The molecule has 1 aromatic carbocycles. The Kier molecular flexibility index (Phi) is 13.1. The van der Waals surface area contributed by atoms with Crippen molar-refractivity contribution in [1.29, 1.82) is 0 Å². The van der Waals surface area contributed by atoms with Gasteiger partial charge in [-0.2, -0.15) is 0 Å². The number of hydrogen-bond donors (Lipinski definition) is 1. The van der Waals surface area contributed by atoms with Crippen molar-refractivity contribution in [3.63, 3.8) is 0 Å². The Morgan fingerprint density at radius 3 is 2.32 bits per heavy atom. The minimum atomic E-state index is -1.29. The first-order valence-corrected chi connectivity index (χ1v) is 13.7. The van der Waals surface area contributed by atoms with Gasteiger partial charge in [0, 0.05) is 6.42 Å². The average molecular weight is 534 g/mol. The molecule has 1 aliphatic heterocycles. The van der Waals surface area contributed by atoms with E-state index >= 15 is 0 Å². The Morgan fingerprint density at radius 1 is 0.974 bits per heavy atom. The number of carbonyl (C=O) groups is 4. The van der Waals surface area contributed by atoms with Gasteiger partial charge in [0.25, 0.3) is 0 Å². The van der Waals surface area contributed by atoms with E-state index in [4.69, 9.17) is 18.9 Å². The van der Waals surface area contributed by atoms with Crippen LogP contribution in [0.5, 0.6) is 0 Å². The van der Waals surface area contributed by atoms with Crippen LogP contribution in [0.4, 0.5) is 4.79 Å².